The maximum absolute atomic E-state index is 11.1. The number of carbonyl (C=O) groups excluding carboxylic acids is 1. The second-order valence-corrected chi connectivity index (χ2v) is 3.73. The van der Waals surface area contributed by atoms with Crippen molar-refractivity contribution < 1.29 is 24.3 Å². The number of carbonyl (C=O) groups is 1. The molecule has 1 aromatic rings. The zero-order valence-electron chi connectivity index (χ0n) is 10.9. The molecule has 1 aromatic carbocycles. The highest BCUT2D eigenvalue weighted by Gasteiger charge is 2.23. The lowest BCUT2D eigenvalue weighted by atomic mass is 10.0. The first kappa shape index (κ1) is 17.9. The van der Waals surface area contributed by atoms with Crippen molar-refractivity contribution in [3.8, 4) is 11.5 Å². The van der Waals surface area contributed by atoms with Crippen LogP contribution in [0.1, 0.15) is 18.0 Å². The molecule has 0 aliphatic carbocycles. The lowest BCUT2D eigenvalue weighted by Gasteiger charge is -2.13. The highest BCUT2D eigenvalue weighted by atomic mass is 35.5. The molecule has 9 heteroatoms. The quantitative estimate of drug-likeness (QED) is 0.477. The summed E-state index contributed by atoms with van der Waals surface area (Å²) in [7, 11) is 2.48. The number of halogens is 1. The average Bonchev–Trinajstić information content (AvgIpc) is 2.38. The maximum atomic E-state index is 11.1. The maximum Gasteiger partial charge on any atom is 0.314 e. The van der Waals surface area contributed by atoms with E-state index >= 15 is 0 Å². The van der Waals surface area contributed by atoms with Crippen molar-refractivity contribution >= 4 is 24.1 Å². The van der Waals surface area contributed by atoms with E-state index < -0.39 is 28.4 Å². The van der Waals surface area contributed by atoms with Gasteiger partial charge in [-0.1, -0.05) is 0 Å². The van der Waals surface area contributed by atoms with Crippen molar-refractivity contribution in [3.63, 3.8) is 0 Å². The number of ether oxygens (including phenoxy) is 2. The van der Waals surface area contributed by atoms with Crippen molar-refractivity contribution in [1.29, 1.82) is 0 Å². The fourth-order valence-electron chi connectivity index (χ4n) is 1.50. The van der Waals surface area contributed by atoms with E-state index in [9.17, 15) is 20.0 Å². The Labute approximate surface area is 121 Å². The molecule has 0 aromatic heterocycles. The lowest BCUT2D eigenvalue weighted by molar-refractivity contribution is -0.386. The molecule has 8 nitrogen and oxygen atoms in total. The van der Waals surface area contributed by atoms with Gasteiger partial charge in [0.15, 0.2) is 5.75 Å². The van der Waals surface area contributed by atoms with Crippen LogP contribution < -0.4 is 10.5 Å². The predicted octanol–water partition coefficient (Wildman–Crippen LogP) is 1.29. The average molecular weight is 307 g/mol. The molecule has 1 rings (SSSR count). The molecule has 0 radical (unpaired) electrons. The summed E-state index contributed by atoms with van der Waals surface area (Å²) in [5, 5.41) is 20.4. The Morgan fingerprint density at radius 1 is 1.50 bits per heavy atom. The summed E-state index contributed by atoms with van der Waals surface area (Å²) in [6.07, 6.45) is -0.137. The molecule has 0 heterocycles. The first-order valence-corrected chi connectivity index (χ1v) is 5.28. The van der Waals surface area contributed by atoms with Crippen LogP contribution in [0.3, 0.4) is 0 Å². The molecule has 0 unspecified atom stereocenters. The van der Waals surface area contributed by atoms with Crippen LogP contribution in [-0.4, -0.2) is 30.2 Å². The number of nitro benzene ring substituents is 1. The van der Waals surface area contributed by atoms with Gasteiger partial charge in [0, 0.05) is 12.1 Å². The number of methoxy groups -OCH3 is 2. The number of rotatable bonds is 5. The number of nitrogens with zero attached hydrogens (tertiary/aromatic N) is 1. The second kappa shape index (κ2) is 7.51. The topological polar surface area (TPSA) is 125 Å². The Hall–Kier alpha value is -2.06. The summed E-state index contributed by atoms with van der Waals surface area (Å²) in [4.78, 5) is 21.2. The van der Waals surface area contributed by atoms with E-state index in [1.54, 1.807) is 0 Å². The molecule has 0 amide bonds. The van der Waals surface area contributed by atoms with Crippen LogP contribution >= 0.6 is 12.4 Å². The molecular formula is C11H15ClN2O6. The molecule has 20 heavy (non-hydrogen) atoms. The molecule has 3 N–H and O–H groups in total. The number of nitrogens with two attached hydrogens (primary N) is 1. The molecule has 0 aliphatic heterocycles. The van der Waals surface area contributed by atoms with E-state index in [-0.39, 0.29) is 24.6 Å². The van der Waals surface area contributed by atoms with Gasteiger partial charge < -0.3 is 20.3 Å². The number of phenolic OH excluding ortho intramolecular Hbond substituents is 1. The summed E-state index contributed by atoms with van der Waals surface area (Å²) < 4.78 is 9.30. The van der Waals surface area contributed by atoms with E-state index in [1.807, 2.05) is 0 Å². The summed E-state index contributed by atoms with van der Waals surface area (Å²) in [5.74, 6) is -1.20. The molecule has 112 valence electrons. The van der Waals surface area contributed by atoms with E-state index in [4.69, 9.17) is 10.5 Å². The Morgan fingerprint density at radius 2 is 2.10 bits per heavy atom. The summed E-state index contributed by atoms with van der Waals surface area (Å²) in [5.41, 5.74) is 5.52. The van der Waals surface area contributed by atoms with Crippen molar-refractivity contribution in [2.75, 3.05) is 14.2 Å². The van der Waals surface area contributed by atoms with Gasteiger partial charge >= 0.3 is 11.7 Å². The van der Waals surface area contributed by atoms with Crippen LogP contribution in [0.5, 0.6) is 11.5 Å². The van der Waals surface area contributed by atoms with Crippen LogP contribution in [0.15, 0.2) is 12.1 Å². The van der Waals surface area contributed by atoms with Crippen LogP contribution in [0.4, 0.5) is 5.69 Å². The molecule has 0 spiro atoms. The fraction of sp³-hybridized carbons (Fsp3) is 0.364. The third-order valence-electron chi connectivity index (χ3n) is 2.54. The largest absolute Gasteiger partial charge is 0.500 e. The molecule has 0 saturated heterocycles. The molecule has 0 aliphatic rings. The Bertz CT molecular complexity index is 508. The minimum Gasteiger partial charge on any atom is -0.500 e. The van der Waals surface area contributed by atoms with E-state index in [2.05, 4.69) is 4.74 Å². The lowest BCUT2D eigenvalue weighted by Crippen LogP contribution is -2.16. The molecular weight excluding hydrogens is 292 g/mol. The first-order valence-electron chi connectivity index (χ1n) is 5.28. The standard InChI is InChI=1S/C11H14N2O6.ClH/c1-18-9-4-6(7(12)5-10(14)19-2)3-8(11(9)15)13(16)17;/h3-4,7,15H,5,12H2,1-2H3;1H/t7-;/m0./s1. The Morgan fingerprint density at radius 3 is 2.55 bits per heavy atom. The highest BCUT2D eigenvalue weighted by Crippen LogP contribution is 2.38. The summed E-state index contributed by atoms with van der Waals surface area (Å²) in [6.45, 7) is 0. The zero-order chi connectivity index (χ0) is 14.6. The SMILES string of the molecule is COC(=O)C[C@H](N)c1cc(OC)c(O)c([N+](=O)[O-])c1.Cl. The van der Waals surface area contributed by atoms with Gasteiger partial charge in [-0.05, 0) is 11.6 Å². The number of benzene rings is 1. The Balaban J connectivity index is 0.00000361. The molecule has 0 saturated carbocycles. The zero-order valence-corrected chi connectivity index (χ0v) is 11.7. The van der Waals surface area contributed by atoms with Crippen LogP contribution in [-0.2, 0) is 9.53 Å². The van der Waals surface area contributed by atoms with Gasteiger partial charge in [0.25, 0.3) is 0 Å². The highest BCUT2D eigenvalue weighted by molar-refractivity contribution is 5.85. The number of aromatic hydroxyl groups is 1. The second-order valence-electron chi connectivity index (χ2n) is 3.73. The molecule has 0 fully saturated rings. The van der Waals surface area contributed by atoms with Gasteiger partial charge in [0.05, 0.1) is 25.6 Å². The number of hydrogen-bond acceptors (Lipinski definition) is 7. The number of esters is 1. The van der Waals surface area contributed by atoms with Crippen molar-refractivity contribution in [2.45, 2.75) is 12.5 Å². The van der Waals surface area contributed by atoms with Gasteiger partial charge in [0.1, 0.15) is 0 Å². The van der Waals surface area contributed by atoms with Crippen LogP contribution in [0, 0.1) is 10.1 Å². The number of hydrogen-bond donors (Lipinski definition) is 2. The third kappa shape index (κ3) is 3.97. The molecule has 1 atom stereocenters. The van der Waals surface area contributed by atoms with Crippen molar-refractivity contribution in [1.82, 2.24) is 0 Å². The van der Waals surface area contributed by atoms with Crippen LogP contribution in [0.25, 0.3) is 0 Å². The monoisotopic (exact) mass is 306 g/mol. The van der Waals surface area contributed by atoms with E-state index in [0.29, 0.717) is 5.56 Å². The van der Waals surface area contributed by atoms with Crippen molar-refractivity contribution in [3.05, 3.63) is 27.8 Å². The predicted molar refractivity (Wildman–Crippen MR) is 72.1 cm³/mol. The smallest absolute Gasteiger partial charge is 0.314 e. The van der Waals surface area contributed by atoms with Crippen molar-refractivity contribution in [2.24, 2.45) is 5.73 Å². The minimum atomic E-state index is -0.791. The normalized spacial score (nSPS) is 11.2. The molecule has 0 bridgehead atoms. The van der Waals surface area contributed by atoms with Gasteiger partial charge in [-0.2, -0.15) is 0 Å². The van der Waals surface area contributed by atoms with Gasteiger partial charge in [-0.15, -0.1) is 12.4 Å². The van der Waals surface area contributed by atoms with Gasteiger partial charge in [-0.25, -0.2) is 0 Å². The van der Waals surface area contributed by atoms with Crippen LogP contribution in [0.2, 0.25) is 0 Å². The van der Waals surface area contributed by atoms with E-state index in [1.165, 1.54) is 20.3 Å². The summed E-state index contributed by atoms with van der Waals surface area (Å²) >= 11 is 0. The third-order valence-corrected chi connectivity index (χ3v) is 2.54. The van der Waals surface area contributed by atoms with Gasteiger partial charge in [-0.3, -0.25) is 14.9 Å². The van der Waals surface area contributed by atoms with Gasteiger partial charge in [0.2, 0.25) is 5.75 Å². The number of nitro groups is 1. The Kier molecular flexibility index (Phi) is 6.74. The van der Waals surface area contributed by atoms with E-state index in [0.717, 1.165) is 6.07 Å². The first-order chi connectivity index (χ1) is 8.90. The number of phenols is 1. The minimum absolute atomic E-state index is 0. The summed E-state index contributed by atoms with van der Waals surface area (Å²) in [6, 6.07) is 1.65. The fourth-order valence-corrected chi connectivity index (χ4v) is 1.50.